The number of benzene rings is 2. The Labute approximate surface area is 168 Å². The van der Waals surface area contributed by atoms with Gasteiger partial charge in [-0.3, -0.25) is 9.88 Å². The molecule has 2 aromatic carbocycles. The van der Waals surface area contributed by atoms with Crippen LogP contribution in [0.2, 0.25) is 0 Å². The Hall–Kier alpha value is -3.16. The summed E-state index contributed by atoms with van der Waals surface area (Å²) < 4.78 is 7.49. The van der Waals surface area contributed by atoms with Gasteiger partial charge in [-0.05, 0) is 39.8 Å². The first kappa shape index (κ1) is 17.9. The van der Waals surface area contributed by atoms with E-state index in [0.717, 1.165) is 35.4 Å². The molecule has 7 nitrogen and oxygen atoms in total. The van der Waals surface area contributed by atoms with Gasteiger partial charge in [-0.2, -0.15) is 0 Å². The zero-order chi connectivity index (χ0) is 19.5. The summed E-state index contributed by atoms with van der Waals surface area (Å²) in [4.78, 5) is 6.85. The van der Waals surface area contributed by atoms with E-state index in [1.807, 2.05) is 35.1 Å². The van der Waals surface area contributed by atoms with Crippen LogP contribution in [0.3, 0.4) is 0 Å². The highest BCUT2D eigenvalue weighted by Crippen LogP contribution is 2.30. The normalized spacial score (nSPS) is 16.1. The summed E-state index contributed by atoms with van der Waals surface area (Å²) in [7, 11) is 0. The predicted octanol–water partition coefficient (Wildman–Crippen LogP) is 2.69. The minimum atomic E-state index is -0.0396. The van der Waals surface area contributed by atoms with E-state index in [-0.39, 0.29) is 6.04 Å². The summed E-state index contributed by atoms with van der Waals surface area (Å²) in [5, 5.41) is 13.9. The quantitative estimate of drug-likeness (QED) is 0.525. The van der Waals surface area contributed by atoms with Crippen LogP contribution in [0.1, 0.15) is 23.0 Å². The van der Waals surface area contributed by atoms with Crippen LogP contribution in [0.5, 0.6) is 0 Å². The van der Waals surface area contributed by atoms with E-state index < -0.39 is 0 Å². The fourth-order valence-electron chi connectivity index (χ4n) is 3.90. The molecule has 7 heteroatoms. The fourth-order valence-corrected chi connectivity index (χ4v) is 3.90. The van der Waals surface area contributed by atoms with E-state index in [4.69, 9.17) is 4.74 Å². The van der Waals surface area contributed by atoms with Crippen molar-refractivity contribution in [3.05, 3.63) is 83.8 Å². The van der Waals surface area contributed by atoms with E-state index in [9.17, 15) is 0 Å². The van der Waals surface area contributed by atoms with Gasteiger partial charge < -0.3 is 4.74 Å². The molecule has 1 saturated heterocycles. The van der Waals surface area contributed by atoms with Crippen molar-refractivity contribution < 1.29 is 4.74 Å². The third-order valence-corrected chi connectivity index (χ3v) is 5.33. The SMILES string of the molecule is c1ccc(Cn2nnnc2C(c2ccc3ncccc3c2)N2CCOCC2)cc1. The van der Waals surface area contributed by atoms with Crippen molar-refractivity contribution in [3.8, 4) is 0 Å². The molecule has 0 radical (unpaired) electrons. The van der Waals surface area contributed by atoms with E-state index in [2.05, 4.69) is 61.8 Å². The Balaban J connectivity index is 1.57. The van der Waals surface area contributed by atoms with Crippen LogP contribution >= 0.6 is 0 Å². The third kappa shape index (κ3) is 3.74. The van der Waals surface area contributed by atoms with E-state index in [0.29, 0.717) is 19.8 Å². The smallest absolute Gasteiger partial charge is 0.173 e. The largest absolute Gasteiger partial charge is 0.379 e. The van der Waals surface area contributed by atoms with E-state index in [1.54, 1.807) is 0 Å². The molecular formula is C22H22N6O. The summed E-state index contributed by atoms with van der Waals surface area (Å²) in [5.41, 5.74) is 3.32. The number of nitrogens with zero attached hydrogens (tertiary/aromatic N) is 6. The van der Waals surface area contributed by atoms with Crippen LogP contribution < -0.4 is 0 Å². The first-order valence-electron chi connectivity index (χ1n) is 9.85. The van der Waals surface area contributed by atoms with Crippen LogP contribution in [0, 0.1) is 0 Å². The van der Waals surface area contributed by atoms with Crippen LogP contribution in [0.4, 0.5) is 0 Å². The third-order valence-electron chi connectivity index (χ3n) is 5.33. The van der Waals surface area contributed by atoms with Crippen molar-refractivity contribution in [1.29, 1.82) is 0 Å². The summed E-state index contributed by atoms with van der Waals surface area (Å²) in [6.45, 7) is 3.75. The topological polar surface area (TPSA) is 69.0 Å². The van der Waals surface area contributed by atoms with Gasteiger partial charge >= 0.3 is 0 Å². The molecule has 4 aromatic rings. The molecule has 2 aromatic heterocycles. The minimum absolute atomic E-state index is 0.0396. The predicted molar refractivity (Wildman–Crippen MR) is 109 cm³/mol. The number of hydrogen-bond donors (Lipinski definition) is 0. The number of fused-ring (bicyclic) bond motifs is 1. The number of aromatic nitrogens is 5. The molecule has 0 aliphatic carbocycles. The lowest BCUT2D eigenvalue weighted by Crippen LogP contribution is -2.40. The molecule has 1 atom stereocenters. The second kappa shape index (κ2) is 8.06. The van der Waals surface area contributed by atoms with Crippen LogP contribution in [-0.2, 0) is 11.3 Å². The summed E-state index contributed by atoms with van der Waals surface area (Å²) in [5.74, 6) is 0.846. The Morgan fingerprint density at radius 1 is 0.966 bits per heavy atom. The number of pyridine rings is 1. The monoisotopic (exact) mass is 386 g/mol. The molecule has 1 aliphatic rings. The highest BCUT2D eigenvalue weighted by Gasteiger charge is 2.29. The van der Waals surface area contributed by atoms with E-state index in [1.165, 1.54) is 5.56 Å². The van der Waals surface area contributed by atoms with Gasteiger partial charge in [-0.15, -0.1) is 5.10 Å². The first-order valence-corrected chi connectivity index (χ1v) is 9.85. The van der Waals surface area contributed by atoms with Gasteiger partial charge in [0, 0.05) is 24.7 Å². The summed E-state index contributed by atoms with van der Waals surface area (Å²) in [6, 6.07) is 20.7. The lowest BCUT2D eigenvalue weighted by Gasteiger charge is -2.34. The molecule has 146 valence electrons. The number of hydrogen-bond acceptors (Lipinski definition) is 6. The maximum atomic E-state index is 5.59. The molecule has 5 rings (SSSR count). The van der Waals surface area contributed by atoms with Gasteiger partial charge in [0.1, 0.15) is 0 Å². The van der Waals surface area contributed by atoms with Crippen LogP contribution in [-0.4, -0.2) is 56.4 Å². The van der Waals surface area contributed by atoms with Crippen molar-refractivity contribution in [1.82, 2.24) is 30.1 Å². The zero-order valence-corrected chi connectivity index (χ0v) is 16.1. The Bertz CT molecular complexity index is 1090. The highest BCUT2D eigenvalue weighted by molar-refractivity contribution is 5.79. The standard InChI is InChI=1S/C22H22N6O/c1-2-5-17(6-3-1)16-28-22(24-25-26-28)21(27-11-13-29-14-12-27)19-8-9-20-18(15-19)7-4-10-23-20/h1-10,15,21H,11-14,16H2. The molecule has 1 aliphatic heterocycles. The van der Waals surface area contributed by atoms with Crippen molar-refractivity contribution in [2.45, 2.75) is 12.6 Å². The molecule has 1 unspecified atom stereocenters. The lowest BCUT2D eigenvalue weighted by molar-refractivity contribution is 0.0217. The second-order valence-electron chi connectivity index (χ2n) is 7.19. The van der Waals surface area contributed by atoms with Gasteiger partial charge in [0.05, 0.1) is 31.3 Å². The van der Waals surface area contributed by atoms with Gasteiger partial charge in [0.15, 0.2) is 5.82 Å². The Morgan fingerprint density at radius 3 is 2.69 bits per heavy atom. The van der Waals surface area contributed by atoms with Crippen LogP contribution in [0.25, 0.3) is 10.9 Å². The molecule has 29 heavy (non-hydrogen) atoms. The molecular weight excluding hydrogens is 364 g/mol. The number of morpholine rings is 1. The number of rotatable bonds is 5. The van der Waals surface area contributed by atoms with Crippen molar-refractivity contribution in [2.24, 2.45) is 0 Å². The summed E-state index contributed by atoms with van der Waals surface area (Å²) in [6.07, 6.45) is 1.82. The average Bonchev–Trinajstić information content (AvgIpc) is 3.23. The maximum Gasteiger partial charge on any atom is 0.173 e. The van der Waals surface area contributed by atoms with Gasteiger partial charge in [-0.25, -0.2) is 4.68 Å². The van der Waals surface area contributed by atoms with Crippen molar-refractivity contribution in [2.75, 3.05) is 26.3 Å². The molecule has 0 amide bonds. The Morgan fingerprint density at radius 2 is 1.83 bits per heavy atom. The zero-order valence-electron chi connectivity index (χ0n) is 16.1. The Kier molecular flexibility index (Phi) is 4.98. The average molecular weight is 386 g/mol. The lowest BCUT2D eigenvalue weighted by atomic mass is 10.0. The molecule has 1 fully saturated rings. The number of tetrazole rings is 1. The molecule has 0 saturated carbocycles. The fraction of sp³-hybridized carbons (Fsp3) is 0.273. The van der Waals surface area contributed by atoms with Gasteiger partial charge in [-0.1, -0.05) is 42.5 Å². The molecule has 0 spiro atoms. The van der Waals surface area contributed by atoms with Crippen molar-refractivity contribution >= 4 is 10.9 Å². The minimum Gasteiger partial charge on any atom is -0.379 e. The maximum absolute atomic E-state index is 5.59. The number of ether oxygens (including phenoxy) is 1. The van der Waals surface area contributed by atoms with Crippen molar-refractivity contribution in [3.63, 3.8) is 0 Å². The summed E-state index contributed by atoms with van der Waals surface area (Å²) >= 11 is 0. The van der Waals surface area contributed by atoms with Gasteiger partial charge in [0.2, 0.25) is 0 Å². The van der Waals surface area contributed by atoms with Gasteiger partial charge in [0.25, 0.3) is 0 Å². The molecule has 0 N–H and O–H groups in total. The highest BCUT2D eigenvalue weighted by atomic mass is 16.5. The van der Waals surface area contributed by atoms with E-state index >= 15 is 0 Å². The molecule has 3 heterocycles. The first-order chi connectivity index (χ1) is 14.4. The molecule has 0 bridgehead atoms. The second-order valence-corrected chi connectivity index (χ2v) is 7.19. The van der Waals surface area contributed by atoms with Crippen LogP contribution in [0.15, 0.2) is 66.9 Å².